The first kappa shape index (κ1) is 12.6. The number of hydrogen-bond acceptors (Lipinski definition) is 5. The van der Waals surface area contributed by atoms with Crippen molar-refractivity contribution in [3.63, 3.8) is 0 Å². The van der Waals surface area contributed by atoms with Crippen molar-refractivity contribution >= 4 is 11.3 Å². The van der Waals surface area contributed by atoms with E-state index in [0.717, 1.165) is 34.7 Å². The van der Waals surface area contributed by atoms with Gasteiger partial charge in [-0.3, -0.25) is 4.90 Å². The normalized spacial score (nSPS) is 29.9. The van der Waals surface area contributed by atoms with E-state index in [0.29, 0.717) is 6.04 Å². The Balaban J connectivity index is 1.47. The summed E-state index contributed by atoms with van der Waals surface area (Å²) >= 11 is 1.69. The number of fused-ring (bicyclic) bond motifs is 1. The molecular weight excluding hydrogens is 270 g/mol. The molecule has 2 aromatic rings. The minimum Gasteiger partial charge on any atom is -0.355 e. The van der Waals surface area contributed by atoms with Gasteiger partial charge in [-0.1, -0.05) is 11.2 Å². The summed E-state index contributed by atoms with van der Waals surface area (Å²) < 4.78 is 5.47. The first-order valence-corrected chi connectivity index (χ1v) is 8.13. The van der Waals surface area contributed by atoms with Gasteiger partial charge >= 0.3 is 0 Å². The van der Waals surface area contributed by atoms with Crippen LogP contribution in [0.15, 0.2) is 28.1 Å². The third-order valence-corrected chi connectivity index (χ3v) is 5.63. The molecule has 0 spiro atoms. The number of nitrogens with zero attached hydrogens (tertiary/aromatic N) is 2. The van der Waals surface area contributed by atoms with Crippen LogP contribution in [-0.4, -0.2) is 35.7 Å². The van der Waals surface area contributed by atoms with E-state index in [9.17, 15) is 0 Å². The summed E-state index contributed by atoms with van der Waals surface area (Å²) in [6, 6.07) is 6.84. The Labute approximate surface area is 122 Å². The lowest BCUT2D eigenvalue weighted by molar-refractivity contribution is 0.225. The van der Waals surface area contributed by atoms with Gasteiger partial charge in [-0.15, -0.1) is 11.3 Å². The van der Waals surface area contributed by atoms with E-state index in [1.165, 1.54) is 19.6 Å². The van der Waals surface area contributed by atoms with Crippen LogP contribution in [0.1, 0.15) is 12.6 Å². The zero-order chi connectivity index (χ0) is 13.5. The molecule has 2 aliphatic heterocycles. The molecule has 20 heavy (non-hydrogen) atoms. The molecule has 4 heterocycles. The fourth-order valence-electron chi connectivity index (χ4n) is 3.59. The van der Waals surface area contributed by atoms with E-state index in [2.05, 4.69) is 39.8 Å². The summed E-state index contributed by atoms with van der Waals surface area (Å²) in [5, 5.41) is 9.80. The summed E-state index contributed by atoms with van der Waals surface area (Å²) in [4.78, 5) is 3.70. The Morgan fingerprint density at radius 3 is 3.25 bits per heavy atom. The quantitative estimate of drug-likeness (QED) is 0.942. The van der Waals surface area contributed by atoms with E-state index >= 15 is 0 Å². The lowest BCUT2D eigenvalue weighted by Gasteiger charge is -2.22. The molecule has 0 amide bonds. The van der Waals surface area contributed by atoms with Crippen molar-refractivity contribution in [2.45, 2.75) is 19.5 Å². The summed E-state index contributed by atoms with van der Waals surface area (Å²) in [5.74, 6) is 2.51. The molecule has 1 N–H and O–H groups in total. The van der Waals surface area contributed by atoms with E-state index in [1.807, 2.05) is 6.07 Å². The lowest BCUT2D eigenvalue weighted by Crippen LogP contribution is -2.32. The highest BCUT2D eigenvalue weighted by atomic mass is 32.1. The van der Waals surface area contributed by atoms with Gasteiger partial charge in [0, 0.05) is 25.2 Å². The molecule has 4 nitrogen and oxygen atoms in total. The van der Waals surface area contributed by atoms with E-state index < -0.39 is 0 Å². The number of nitrogens with one attached hydrogen (secondary N) is 1. The smallest absolute Gasteiger partial charge is 0.177 e. The highest BCUT2D eigenvalue weighted by molar-refractivity contribution is 7.13. The molecule has 0 saturated carbocycles. The minimum absolute atomic E-state index is 0.636. The molecule has 2 aliphatic rings. The Bertz CT molecular complexity index is 580. The average molecular weight is 289 g/mol. The first-order valence-electron chi connectivity index (χ1n) is 7.25. The molecule has 4 rings (SSSR count). The fraction of sp³-hybridized carbons (Fsp3) is 0.533. The topological polar surface area (TPSA) is 41.3 Å². The zero-order valence-corrected chi connectivity index (χ0v) is 12.4. The lowest BCUT2D eigenvalue weighted by atomic mass is 9.95. The molecule has 3 unspecified atom stereocenters. The van der Waals surface area contributed by atoms with Gasteiger partial charge in [0.15, 0.2) is 5.76 Å². The summed E-state index contributed by atoms with van der Waals surface area (Å²) in [5.41, 5.74) is 1.05. The number of thiophene rings is 1. The van der Waals surface area contributed by atoms with Gasteiger partial charge in [-0.05, 0) is 43.3 Å². The molecule has 0 aromatic carbocycles. The average Bonchev–Trinajstić information content (AvgIpc) is 3.19. The Kier molecular flexibility index (Phi) is 3.13. The Hall–Kier alpha value is -1.17. The minimum atomic E-state index is 0.636. The van der Waals surface area contributed by atoms with Gasteiger partial charge < -0.3 is 9.84 Å². The van der Waals surface area contributed by atoms with Crippen LogP contribution in [0.4, 0.5) is 0 Å². The molecule has 2 aromatic heterocycles. The molecule has 3 atom stereocenters. The van der Waals surface area contributed by atoms with Crippen LogP contribution in [0.3, 0.4) is 0 Å². The Morgan fingerprint density at radius 2 is 2.45 bits per heavy atom. The largest absolute Gasteiger partial charge is 0.355 e. The zero-order valence-electron chi connectivity index (χ0n) is 11.6. The van der Waals surface area contributed by atoms with Crippen LogP contribution in [0, 0.1) is 11.8 Å². The summed E-state index contributed by atoms with van der Waals surface area (Å²) in [6.07, 6.45) is 0. The standard InChI is InChI=1S/C15H19N3OS/c1-10-13-7-16-6-11(13)8-18(10)9-12-5-14(19-17-12)15-3-2-4-20-15/h2-5,10-11,13,16H,6-9H2,1H3. The van der Waals surface area contributed by atoms with E-state index in [4.69, 9.17) is 4.52 Å². The van der Waals surface area contributed by atoms with Gasteiger partial charge in [0.2, 0.25) is 0 Å². The van der Waals surface area contributed by atoms with Gasteiger partial charge in [0.25, 0.3) is 0 Å². The maximum Gasteiger partial charge on any atom is 0.177 e. The summed E-state index contributed by atoms with van der Waals surface area (Å²) in [6.45, 7) is 6.77. The maximum atomic E-state index is 5.47. The van der Waals surface area contributed by atoms with E-state index in [1.54, 1.807) is 11.3 Å². The molecule has 0 radical (unpaired) electrons. The van der Waals surface area contributed by atoms with Gasteiger partial charge in [0.05, 0.1) is 10.6 Å². The van der Waals surface area contributed by atoms with Crippen molar-refractivity contribution in [1.29, 1.82) is 0 Å². The SMILES string of the molecule is CC1C2CNCC2CN1Cc1cc(-c2cccs2)on1. The maximum absolute atomic E-state index is 5.47. The van der Waals surface area contributed by atoms with Crippen LogP contribution >= 0.6 is 11.3 Å². The molecule has 0 aliphatic carbocycles. The second kappa shape index (κ2) is 4.98. The number of hydrogen-bond donors (Lipinski definition) is 1. The number of rotatable bonds is 3. The molecular formula is C15H19N3OS. The van der Waals surface area contributed by atoms with Crippen molar-refractivity contribution in [2.75, 3.05) is 19.6 Å². The van der Waals surface area contributed by atoms with Crippen molar-refractivity contribution in [1.82, 2.24) is 15.4 Å². The van der Waals surface area contributed by atoms with Crippen molar-refractivity contribution in [3.8, 4) is 10.6 Å². The predicted octanol–water partition coefficient (Wildman–Crippen LogP) is 2.44. The highest BCUT2D eigenvalue weighted by Crippen LogP contribution is 2.33. The molecule has 0 bridgehead atoms. The molecule has 5 heteroatoms. The highest BCUT2D eigenvalue weighted by Gasteiger charge is 2.41. The molecule has 2 saturated heterocycles. The number of likely N-dealkylation sites (tertiary alicyclic amines) is 1. The van der Waals surface area contributed by atoms with Crippen LogP contribution in [0.2, 0.25) is 0 Å². The second-order valence-electron chi connectivity index (χ2n) is 5.91. The van der Waals surface area contributed by atoms with Crippen LogP contribution in [0.25, 0.3) is 10.6 Å². The van der Waals surface area contributed by atoms with Crippen LogP contribution < -0.4 is 5.32 Å². The van der Waals surface area contributed by atoms with Gasteiger partial charge in [0.1, 0.15) is 0 Å². The summed E-state index contributed by atoms with van der Waals surface area (Å²) in [7, 11) is 0. The van der Waals surface area contributed by atoms with Gasteiger partial charge in [-0.2, -0.15) is 0 Å². The van der Waals surface area contributed by atoms with Crippen molar-refractivity contribution < 1.29 is 4.52 Å². The Morgan fingerprint density at radius 1 is 1.50 bits per heavy atom. The third kappa shape index (κ3) is 2.10. The fourth-order valence-corrected chi connectivity index (χ4v) is 4.27. The first-order chi connectivity index (χ1) is 9.81. The van der Waals surface area contributed by atoms with E-state index in [-0.39, 0.29) is 0 Å². The molecule has 106 valence electrons. The monoisotopic (exact) mass is 289 g/mol. The van der Waals surface area contributed by atoms with Crippen LogP contribution in [0.5, 0.6) is 0 Å². The van der Waals surface area contributed by atoms with Gasteiger partial charge in [-0.25, -0.2) is 0 Å². The predicted molar refractivity (Wildman–Crippen MR) is 79.5 cm³/mol. The second-order valence-corrected chi connectivity index (χ2v) is 6.86. The number of aromatic nitrogens is 1. The van der Waals surface area contributed by atoms with Crippen LogP contribution in [-0.2, 0) is 6.54 Å². The van der Waals surface area contributed by atoms with Crippen molar-refractivity contribution in [2.24, 2.45) is 11.8 Å². The third-order valence-electron chi connectivity index (χ3n) is 4.74. The molecule has 2 fully saturated rings. The van der Waals surface area contributed by atoms with Crippen molar-refractivity contribution in [3.05, 3.63) is 29.3 Å².